The molecule has 1 aromatic heterocycles. The zero-order chi connectivity index (χ0) is 15.9. The van der Waals surface area contributed by atoms with Gasteiger partial charge in [-0.05, 0) is 24.7 Å². The molecule has 1 saturated heterocycles. The molecule has 2 aromatic rings. The highest BCUT2D eigenvalue weighted by Crippen LogP contribution is 2.33. The van der Waals surface area contributed by atoms with Crippen molar-refractivity contribution in [1.29, 1.82) is 0 Å². The molecule has 3 rings (SSSR count). The quantitative estimate of drug-likeness (QED) is 0.512. The molecule has 0 radical (unpaired) electrons. The van der Waals surface area contributed by atoms with Crippen LogP contribution in [0.1, 0.15) is 23.7 Å². The number of carbonyl (C=O) groups is 1. The molecule has 114 valence electrons. The first kappa shape index (κ1) is 14.4. The number of nitro benzene ring substituents is 1. The summed E-state index contributed by atoms with van der Waals surface area (Å²) in [6.07, 6.45) is 0.290. The number of nitrogens with one attached hydrogen (secondary N) is 2. The Morgan fingerprint density at radius 3 is 2.86 bits per heavy atom. The van der Waals surface area contributed by atoms with Crippen LogP contribution in [0.5, 0.6) is 0 Å². The highest BCUT2D eigenvalue weighted by Gasteiger charge is 2.34. The molecule has 2 N–H and O–H groups in total. The number of amides is 1. The van der Waals surface area contributed by atoms with Crippen LogP contribution in [-0.4, -0.2) is 32.6 Å². The van der Waals surface area contributed by atoms with Gasteiger partial charge in [0.15, 0.2) is 0 Å². The number of aromatic nitrogens is 3. The van der Waals surface area contributed by atoms with Gasteiger partial charge in [0.05, 0.1) is 10.6 Å². The van der Waals surface area contributed by atoms with Crippen molar-refractivity contribution < 1.29 is 9.72 Å². The lowest BCUT2D eigenvalue weighted by Gasteiger charge is -2.18. The molecule has 0 bridgehead atoms. The number of rotatable bonds is 3. The molecule has 1 atom stereocenters. The van der Waals surface area contributed by atoms with Crippen LogP contribution in [0.4, 0.5) is 11.4 Å². The fraction of sp³-hybridized carbons (Fsp3) is 0.308. The molecule has 1 aliphatic rings. The molecule has 1 fully saturated rings. The number of non-ortho nitro benzene ring substituents is 1. The van der Waals surface area contributed by atoms with E-state index in [1.807, 2.05) is 6.92 Å². The molecule has 0 saturated carbocycles. The maximum Gasteiger partial charge on any atom is 0.271 e. The lowest BCUT2D eigenvalue weighted by atomic mass is 10.1. The van der Waals surface area contributed by atoms with Gasteiger partial charge in [-0.25, -0.2) is 4.98 Å². The minimum Gasteiger partial charge on any atom is -0.311 e. The summed E-state index contributed by atoms with van der Waals surface area (Å²) in [7, 11) is 0. The number of hydrogen-bond acceptors (Lipinski definition) is 5. The van der Waals surface area contributed by atoms with E-state index < -0.39 is 4.92 Å². The number of aryl methyl sites for hydroxylation is 1. The molecule has 1 aliphatic heterocycles. The van der Waals surface area contributed by atoms with Gasteiger partial charge in [0.25, 0.3) is 5.69 Å². The van der Waals surface area contributed by atoms with Crippen molar-refractivity contribution >= 4 is 29.5 Å². The van der Waals surface area contributed by atoms with Crippen LogP contribution in [0.15, 0.2) is 18.2 Å². The smallest absolute Gasteiger partial charge is 0.271 e. The van der Waals surface area contributed by atoms with E-state index in [0.717, 1.165) is 5.56 Å². The number of benzene rings is 1. The maximum absolute atomic E-state index is 12.3. The van der Waals surface area contributed by atoms with Crippen LogP contribution in [-0.2, 0) is 4.79 Å². The monoisotopic (exact) mass is 319 g/mol. The maximum atomic E-state index is 12.3. The van der Waals surface area contributed by atoms with Crippen molar-refractivity contribution in [2.45, 2.75) is 19.3 Å². The summed E-state index contributed by atoms with van der Waals surface area (Å²) < 4.78 is 0.340. The number of nitrogens with zero attached hydrogens (tertiary/aromatic N) is 3. The Morgan fingerprint density at radius 2 is 2.23 bits per heavy atom. The van der Waals surface area contributed by atoms with Crippen molar-refractivity contribution in [2.75, 3.05) is 11.4 Å². The summed E-state index contributed by atoms with van der Waals surface area (Å²) in [5.41, 5.74) is 1.35. The molecule has 1 aromatic carbocycles. The molecule has 8 nitrogen and oxygen atoms in total. The van der Waals surface area contributed by atoms with E-state index >= 15 is 0 Å². The molecule has 0 spiro atoms. The van der Waals surface area contributed by atoms with Crippen LogP contribution >= 0.6 is 12.2 Å². The number of anilines is 1. The van der Waals surface area contributed by atoms with Gasteiger partial charge < -0.3 is 4.90 Å². The summed E-state index contributed by atoms with van der Waals surface area (Å²) >= 11 is 4.92. The minimum absolute atomic E-state index is 0.0315. The van der Waals surface area contributed by atoms with Gasteiger partial charge in [-0.1, -0.05) is 6.07 Å². The predicted octanol–water partition coefficient (Wildman–Crippen LogP) is 2.20. The Kier molecular flexibility index (Phi) is 3.49. The summed E-state index contributed by atoms with van der Waals surface area (Å²) in [5.74, 6) is 0.430. The normalized spacial score (nSPS) is 18.0. The van der Waals surface area contributed by atoms with Crippen LogP contribution in [0.3, 0.4) is 0 Å². The Hall–Kier alpha value is -2.55. The number of carbonyl (C=O) groups excluding carboxylic acids is 1. The Bertz CT molecular complexity index is 812. The van der Waals surface area contributed by atoms with E-state index in [1.54, 1.807) is 11.0 Å². The second-order valence-corrected chi connectivity index (χ2v) is 5.57. The fourth-order valence-corrected chi connectivity index (χ4v) is 2.75. The van der Waals surface area contributed by atoms with E-state index in [9.17, 15) is 14.9 Å². The summed E-state index contributed by atoms with van der Waals surface area (Å²) in [6.45, 7) is 2.23. The highest BCUT2D eigenvalue weighted by atomic mass is 32.1. The Labute approximate surface area is 130 Å². The molecule has 9 heteroatoms. The van der Waals surface area contributed by atoms with Gasteiger partial charge in [0.2, 0.25) is 10.7 Å². The van der Waals surface area contributed by atoms with E-state index in [1.165, 1.54) is 12.1 Å². The Balaban J connectivity index is 1.92. The summed E-state index contributed by atoms with van der Waals surface area (Å²) in [6, 6.07) is 4.51. The topological polar surface area (TPSA) is 108 Å². The van der Waals surface area contributed by atoms with Crippen molar-refractivity contribution in [1.82, 2.24) is 15.2 Å². The molecule has 22 heavy (non-hydrogen) atoms. The largest absolute Gasteiger partial charge is 0.311 e. The van der Waals surface area contributed by atoms with Crippen molar-refractivity contribution in [3.63, 3.8) is 0 Å². The number of hydrogen-bond donors (Lipinski definition) is 2. The first-order valence-corrected chi connectivity index (χ1v) is 7.06. The molecule has 0 aliphatic carbocycles. The number of H-pyrrole nitrogens is 2. The van der Waals surface area contributed by atoms with Gasteiger partial charge >= 0.3 is 0 Å². The van der Waals surface area contributed by atoms with Crippen LogP contribution in [0.25, 0.3) is 0 Å². The van der Waals surface area contributed by atoms with E-state index in [4.69, 9.17) is 12.2 Å². The third kappa shape index (κ3) is 2.50. The van der Waals surface area contributed by atoms with E-state index in [-0.39, 0.29) is 23.9 Å². The average molecular weight is 319 g/mol. The van der Waals surface area contributed by atoms with Crippen molar-refractivity contribution in [3.8, 4) is 0 Å². The third-order valence-corrected chi connectivity index (χ3v) is 3.92. The van der Waals surface area contributed by atoms with Gasteiger partial charge in [0, 0.05) is 31.0 Å². The summed E-state index contributed by atoms with van der Waals surface area (Å²) in [5, 5.41) is 16.5. The van der Waals surface area contributed by atoms with E-state index in [2.05, 4.69) is 15.2 Å². The SMILES string of the molecule is Cc1ccc([N+](=O)[O-])cc1N1CC(c2nc(=S)[nH][nH]2)CC1=O. The highest BCUT2D eigenvalue weighted by molar-refractivity contribution is 7.71. The van der Waals surface area contributed by atoms with Crippen LogP contribution in [0.2, 0.25) is 0 Å². The predicted molar refractivity (Wildman–Crippen MR) is 81.3 cm³/mol. The molecule has 1 amide bonds. The van der Waals surface area contributed by atoms with Gasteiger partial charge in [0.1, 0.15) is 5.82 Å². The first-order chi connectivity index (χ1) is 10.5. The minimum atomic E-state index is -0.466. The van der Waals surface area contributed by atoms with Gasteiger partial charge in [-0.3, -0.25) is 25.1 Å². The number of aromatic amines is 2. The molecular formula is C13H13N5O3S. The van der Waals surface area contributed by atoms with Crippen LogP contribution < -0.4 is 4.90 Å². The number of nitro groups is 1. The second-order valence-electron chi connectivity index (χ2n) is 5.19. The second kappa shape index (κ2) is 5.34. The molecular weight excluding hydrogens is 306 g/mol. The van der Waals surface area contributed by atoms with Crippen molar-refractivity contribution in [3.05, 3.63) is 44.5 Å². The van der Waals surface area contributed by atoms with Gasteiger partial charge in [-0.15, -0.1) is 0 Å². The van der Waals surface area contributed by atoms with Gasteiger partial charge in [-0.2, -0.15) is 0 Å². The lowest BCUT2D eigenvalue weighted by molar-refractivity contribution is -0.384. The molecule has 2 heterocycles. The third-order valence-electron chi connectivity index (χ3n) is 3.73. The summed E-state index contributed by atoms with van der Waals surface area (Å²) in [4.78, 5) is 28.4. The zero-order valence-corrected chi connectivity index (χ0v) is 12.5. The average Bonchev–Trinajstić information content (AvgIpc) is 3.05. The lowest BCUT2D eigenvalue weighted by Crippen LogP contribution is -2.25. The molecule has 1 unspecified atom stereocenters. The fourth-order valence-electron chi connectivity index (χ4n) is 2.60. The Morgan fingerprint density at radius 1 is 1.45 bits per heavy atom. The van der Waals surface area contributed by atoms with Crippen molar-refractivity contribution in [2.24, 2.45) is 0 Å². The zero-order valence-electron chi connectivity index (χ0n) is 11.7. The standard InChI is InChI=1S/C13H13N5O3S/c1-7-2-3-9(18(20)21)5-10(7)17-6-8(4-11(17)19)12-14-13(22)16-15-12/h2-3,5,8H,4,6H2,1H3,(H2,14,15,16,22). The van der Waals surface area contributed by atoms with Crippen LogP contribution in [0, 0.1) is 21.8 Å². The van der Waals surface area contributed by atoms with E-state index in [0.29, 0.717) is 22.8 Å². The first-order valence-electron chi connectivity index (χ1n) is 6.65.